The normalized spacial score (nSPS) is 31.4. The Hall–Kier alpha value is -2.51. The lowest BCUT2D eigenvalue weighted by molar-refractivity contribution is -0.345. The quantitative estimate of drug-likeness (QED) is 0.839. The number of ether oxygens (including phenoxy) is 2. The van der Waals surface area contributed by atoms with Gasteiger partial charge in [0.1, 0.15) is 5.75 Å². The molecule has 0 radical (unpaired) electrons. The predicted octanol–water partition coefficient (Wildman–Crippen LogP) is 2.56. The van der Waals surface area contributed by atoms with Crippen molar-refractivity contribution < 1.29 is 34.1 Å². The molecule has 1 aromatic carbocycles. The average Bonchev–Trinajstić information content (AvgIpc) is 2.60. The number of carboxylic acid groups (broad SMARTS) is 1. The van der Waals surface area contributed by atoms with Crippen LogP contribution in [-0.4, -0.2) is 39.6 Å². The van der Waals surface area contributed by atoms with Crippen LogP contribution in [0.5, 0.6) is 5.75 Å². The summed E-state index contributed by atoms with van der Waals surface area (Å²) >= 11 is 0. The van der Waals surface area contributed by atoms with Crippen LogP contribution >= 0.6 is 0 Å². The number of fused-ring (bicyclic) bond motifs is 5. The summed E-state index contributed by atoms with van der Waals surface area (Å²) in [5, 5.41) is 20.2. The van der Waals surface area contributed by atoms with Crippen molar-refractivity contribution in [2.75, 3.05) is 0 Å². The van der Waals surface area contributed by atoms with Gasteiger partial charge in [-0.2, -0.15) is 0 Å². The van der Waals surface area contributed by atoms with Crippen molar-refractivity contribution in [3.63, 3.8) is 0 Å². The molecule has 2 heterocycles. The van der Waals surface area contributed by atoms with Gasteiger partial charge in [0.05, 0.1) is 24.2 Å². The van der Waals surface area contributed by atoms with E-state index in [1.54, 1.807) is 6.07 Å². The van der Waals surface area contributed by atoms with Crippen LogP contribution in [-0.2, 0) is 20.7 Å². The molecule has 2 bridgehead atoms. The maximum absolute atomic E-state index is 12.3. The van der Waals surface area contributed by atoms with Gasteiger partial charge in [-0.25, -0.2) is 0 Å². The first-order valence-electron chi connectivity index (χ1n) is 8.99. The molecule has 0 spiro atoms. The van der Waals surface area contributed by atoms with E-state index in [9.17, 15) is 24.6 Å². The highest BCUT2D eigenvalue weighted by Crippen LogP contribution is 2.52. The smallest absolute Gasteiger partial charge is 0.308 e. The van der Waals surface area contributed by atoms with Crippen LogP contribution in [0.1, 0.15) is 64.6 Å². The number of hydrogen-bond donors (Lipinski definition) is 2. The van der Waals surface area contributed by atoms with E-state index in [1.165, 1.54) is 6.08 Å². The number of allylic oxidation sites excluding steroid dienone is 2. The fourth-order valence-electron chi connectivity index (χ4n) is 4.44. The van der Waals surface area contributed by atoms with E-state index in [0.29, 0.717) is 17.5 Å². The molecule has 1 fully saturated rings. The van der Waals surface area contributed by atoms with Gasteiger partial charge in [-0.05, 0) is 30.2 Å². The lowest BCUT2D eigenvalue weighted by Gasteiger charge is -2.51. The zero-order valence-corrected chi connectivity index (χ0v) is 15.0. The molecule has 4 atom stereocenters. The lowest BCUT2D eigenvalue weighted by Crippen LogP contribution is -2.54. The number of carbonyl (C=O) groups excluding carboxylic acids is 2. The van der Waals surface area contributed by atoms with Crippen LogP contribution in [0.15, 0.2) is 18.2 Å². The number of carboxylic acids is 1. The Balaban J connectivity index is 1.92. The summed E-state index contributed by atoms with van der Waals surface area (Å²) in [6.07, 6.45) is 1.85. The molecule has 1 aliphatic carbocycles. The van der Waals surface area contributed by atoms with Crippen LogP contribution in [0.25, 0.3) is 0 Å². The fourth-order valence-corrected chi connectivity index (χ4v) is 4.44. The summed E-state index contributed by atoms with van der Waals surface area (Å²) in [5.74, 6) is -3.62. The van der Waals surface area contributed by atoms with Gasteiger partial charge in [-0.1, -0.05) is 13.8 Å². The first-order valence-corrected chi connectivity index (χ1v) is 8.99. The minimum atomic E-state index is -1.35. The Bertz CT molecular complexity index is 900. The first kappa shape index (κ1) is 17.9. The molecule has 0 saturated carbocycles. The summed E-state index contributed by atoms with van der Waals surface area (Å²) in [7, 11) is 0. The monoisotopic (exact) mass is 372 g/mol. The van der Waals surface area contributed by atoms with E-state index in [-0.39, 0.29) is 47.5 Å². The summed E-state index contributed by atoms with van der Waals surface area (Å²) in [5.41, 5.74) is 1.16. The standard InChI is InChI=1S/C20H20O7/c1-3-14-9(2)19-16-10(7-20(26-14,27-19)8-15(23)24)6-11-12(21)4-5-13(22)17(11)18(16)25/h4-6,9,14,19,25H,3,7-8H2,1-2H3,(H,23,24)/t9-,14+,19-,20+/m1/s1. The number of hydrogen-bond acceptors (Lipinski definition) is 6. The van der Waals surface area contributed by atoms with E-state index < -0.39 is 23.6 Å². The number of rotatable bonds is 3. The topological polar surface area (TPSA) is 110 Å². The minimum absolute atomic E-state index is 0.0117. The number of aromatic hydroxyl groups is 1. The summed E-state index contributed by atoms with van der Waals surface area (Å²) < 4.78 is 12.1. The van der Waals surface area contributed by atoms with Gasteiger partial charge in [-0.15, -0.1) is 0 Å². The van der Waals surface area contributed by atoms with E-state index >= 15 is 0 Å². The fraction of sp³-hybridized carbons (Fsp3) is 0.450. The van der Waals surface area contributed by atoms with Gasteiger partial charge >= 0.3 is 5.97 Å². The molecule has 1 saturated heterocycles. The largest absolute Gasteiger partial charge is 0.507 e. The number of phenolic OH excluding ortho intramolecular Hbond substituents is 1. The summed E-state index contributed by atoms with van der Waals surface area (Å²) in [6, 6.07) is 1.57. The molecular weight excluding hydrogens is 352 g/mol. The highest BCUT2D eigenvalue weighted by atomic mass is 16.7. The number of aliphatic carboxylic acids is 1. The van der Waals surface area contributed by atoms with Gasteiger partial charge in [-0.3, -0.25) is 14.4 Å². The number of carbonyl (C=O) groups is 3. The minimum Gasteiger partial charge on any atom is -0.507 e. The van der Waals surface area contributed by atoms with E-state index in [1.807, 2.05) is 13.8 Å². The van der Waals surface area contributed by atoms with Crippen molar-refractivity contribution in [2.45, 2.75) is 51.1 Å². The zero-order valence-electron chi connectivity index (χ0n) is 15.0. The van der Waals surface area contributed by atoms with Gasteiger partial charge in [0.25, 0.3) is 0 Å². The van der Waals surface area contributed by atoms with Crippen molar-refractivity contribution >= 4 is 17.5 Å². The molecule has 7 heteroatoms. The van der Waals surface area contributed by atoms with Crippen molar-refractivity contribution in [1.29, 1.82) is 0 Å². The molecular formula is C20H20O7. The van der Waals surface area contributed by atoms with Gasteiger partial charge in [0, 0.05) is 23.5 Å². The molecule has 7 nitrogen and oxygen atoms in total. The third-order valence-electron chi connectivity index (χ3n) is 5.66. The second-order valence-electron chi connectivity index (χ2n) is 7.40. The number of ketones is 2. The van der Waals surface area contributed by atoms with Crippen LogP contribution in [0.2, 0.25) is 0 Å². The Labute approximate surface area is 155 Å². The number of benzene rings is 1. The SMILES string of the molecule is CC[C@@H]1O[C@@]2(CC(=O)O)Cc3cc4c(c(O)c3[C@H](O2)[C@@H]1C)C(=O)C=CC4=O. The van der Waals surface area contributed by atoms with E-state index in [0.717, 1.165) is 6.08 Å². The zero-order chi connectivity index (χ0) is 19.5. The van der Waals surface area contributed by atoms with Crippen molar-refractivity contribution in [2.24, 2.45) is 5.92 Å². The molecule has 142 valence electrons. The molecule has 2 N–H and O–H groups in total. The first-order chi connectivity index (χ1) is 12.8. The average molecular weight is 372 g/mol. The van der Waals surface area contributed by atoms with Crippen molar-refractivity contribution in [1.82, 2.24) is 0 Å². The third-order valence-corrected chi connectivity index (χ3v) is 5.66. The van der Waals surface area contributed by atoms with Crippen molar-refractivity contribution in [3.05, 3.63) is 40.5 Å². The maximum Gasteiger partial charge on any atom is 0.308 e. The molecule has 0 amide bonds. The van der Waals surface area contributed by atoms with Gasteiger partial charge in [0.15, 0.2) is 17.4 Å². The molecule has 27 heavy (non-hydrogen) atoms. The molecule has 0 unspecified atom stereocenters. The predicted molar refractivity (Wildman–Crippen MR) is 92.7 cm³/mol. The van der Waals surface area contributed by atoms with Crippen LogP contribution in [0.3, 0.4) is 0 Å². The Morgan fingerprint density at radius 1 is 1.26 bits per heavy atom. The number of phenols is 1. The van der Waals surface area contributed by atoms with Gasteiger partial charge < -0.3 is 19.7 Å². The Kier molecular flexibility index (Phi) is 3.98. The highest BCUT2D eigenvalue weighted by molar-refractivity contribution is 6.23. The third kappa shape index (κ3) is 2.61. The summed E-state index contributed by atoms with van der Waals surface area (Å²) in [4.78, 5) is 35.9. The van der Waals surface area contributed by atoms with Crippen molar-refractivity contribution in [3.8, 4) is 5.75 Å². The molecule has 0 aromatic heterocycles. The molecule has 3 aliphatic rings. The second-order valence-corrected chi connectivity index (χ2v) is 7.40. The Morgan fingerprint density at radius 3 is 2.63 bits per heavy atom. The van der Waals surface area contributed by atoms with Crippen LogP contribution < -0.4 is 0 Å². The van der Waals surface area contributed by atoms with Crippen LogP contribution in [0, 0.1) is 5.92 Å². The molecule has 1 aromatic rings. The highest BCUT2D eigenvalue weighted by Gasteiger charge is 2.53. The molecule has 2 aliphatic heterocycles. The van der Waals surface area contributed by atoms with E-state index in [4.69, 9.17) is 9.47 Å². The maximum atomic E-state index is 12.3. The van der Waals surface area contributed by atoms with E-state index in [2.05, 4.69) is 0 Å². The second kappa shape index (κ2) is 6.00. The Morgan fingerprint density at radius 2 is 1.96 bits per heavy atom. The summed E-state index contributed by atoms with van der Waals surface area (Å²) in [6.45, 7) is 3.85. The van der Waals surface area contributed by atoms with Crippen LogP contribution in [0.4, 0.5) is 0 Å². The lowest BCUT2D eigenvalue weighted by atomic mass is 9.77. The van der Waals surface area contributed by atoms with Gasteiger partial charge in [0.2, 0.25) is 0 Å². The molecule has 4 rings (SSSR count).